The van der Waals surface area contributed by atoms with Gasteiger partial charge in [-0.25, -0.2) is 23.1 Å². The second kappa shape index (κ2) is 10.1. The van der Waals surface area contributed by atoms with Crippen LogP contribution in [0.25, 0.3) is 16.6 Å². The van der Waals surface area contributed by atoms with Crippen molar-refractivity contribution in [3.8, 4) is 0 Å². The van der Waals surface area contributed by atoms with Crippen LogP contribution in [0.5, 0.6) is 0 Å². The molecule has 0 saturated carbocycles. The highest BCUT2D eigenvalue weighted by atomic mass is 19.1. The molecule has 0 aliphatic carbocycles. The minimum atomic E-state index is -1.44. The Morgan fingerprint density at radius 1 is 1.20 bits per heavy atom. The smallest absolute Gasteiger partial charge is 0.410 e. The zero-order valence-electron chi connectivity index (χ0n) is 23.2. The van der Waals surface area contributed by atoms with Crippen LogP contribution in [0.4, 0.5) is 19.3 Å². The lowest BCUT2D eigenvalue weighted by molar-refractivity contribution is -0.0668. The molecule has 216 valence electrons. The molecular weight excluding hydrogens is 534 g/mol. The quantitative estimate of drug-likeness (QED) is 0.388. The first-order chi connectivity index (χ1) is 19.5. The number of halogens is 2. The van der Waals surface area contributed by atoms with Crippen LogP contribution in [0.1, 0.15) is 50.0 Å². The highest BCUT2D eigenvalue weighted by Crippen LogP contribution is 2.32. The summed E-state index contributed by atoms with van der Waals surface area (Å²) in [7, 11) is 0. The number of amides is 2. The number of hydrogen-bond donors (Lipinski definition) is 1. The molecule has 0 atom stereocenters. The first-order valence-electron chi connectivity index (χ1n) is 13.6. The van der Waals surface area contributed by atoms with E-state index in [9.17, 15) is 14.0 Å². The van der Waals surface area contributed by atoms with Crippen molar-refractivity contribution in [2.45, 2.75) is 50.9 Å². The fourth-order valence-corrected chi connectivity index (χ4v) is 5.46. The number of carbonyl (C=O) groups excluding carboxylic acids is 2. The van der Waals surface area contributed by atoms with Crippen LogP contribution < -0.4 is 5.32 Å². The fourth-order valence-electron chi connectivity index (χ4n) is 5.46. The van der Waals surface area contributed by atoms with Crippen LogP contribution in [0, 0.1) is 5.82 Å². The van der Waals surface area contributed by atoms with E-state index in [0.29, 0.717) is 29.6 Å². The van der Waals surface area contributed by atoms with E-state index in [1.807, 2.05) is 10.9 Å². The topological polar surface area (TPSA) is 110 Å². The summed E-state index contributed by atoms with van der Waals surface area (Å²) in [5.41, 5.74) is -0.910. The molecule has 41 heavy (non-hydrogen) atoms. The number of nitrogens with one attached hydrogen (secondary N) is 1. The summed E-state index contributed by atoms with van der Waals surface area (Å²) in [6.45, 7) is 7.05. The van der Waals surface area contributed by atoms with Gasteiger partial charge in [-0.2, -0.15) is 10.2 Å². The third-order valence-electron chi connectivity index (χ3n) is 7.42. The Bertz CT molecular complexity index is 1610. The zero-order chi connectivity index (χ0) is 28.9. The number of alkyl halides is 1. The molecule has 0 unspecified atom stereocenters. The summed E-state index contributed by atoms with van der Waals surface area (Å²) in [6.07, 6.45) is 7.51. The fraction of sp³-hybridized carbons (Fsp3) is 0.464. The van der Waals surface area contributed by atoms with Crippen molar-refractivity contribution in [1.82, 2.24) is 34.2 Å². The van der Waals surface area contributed by atoms with E-state index in [0.717, 1.165) is 12.8 Å². The van der Waals surface area contributed by atoms with E-state index < -0.39 is 29.1 Å². The molecule has 11 nitrogen and oxygen atoms in total. The molecule has 6 rings (SSSR count). The van der Waals surface area contributed by atoms with Gasteiger partial charge in [0.1, 0.15) is 17.0 Å². The highest BCUT2D eigenvalue weighted by molar-refractivity contribution is 6.08. The molecule has 2 aliphatic heterocycles. The number of aromatic nitrogens is 5. The number of piperidine rings is 1. The molecular formula is C28H32F2N8O3. The maximum absolute atomic E-state index is 15.2. The van der Waals surface area contributed by atoms with Crippen molar-refractivity contribution in [2.24, 2.45) is 0 Å². The van der Waals surface area contributed by atoms with Gasteiger partial charge in [-0.3, -0.25) is 14.4 Å². The van der Waals surface area contributed by atoms with Gasteiger partial charge in [0.25, 0.3) is 5.91 Å². The summed E-state index contributed by atoms with van der Waals surface area (Å²) in [6, 6.07) is 4.66. The number of hydrogen-bond acceptors (Lipinski definition) is 7. The van der Waals surface area contributed by atoms with Gasteiger partial charge in [-0.1, -0.05) is 0 Å². The molecule has 2 aliphatic rings. The van der Waals surface area contributed by atoms with Crippen LogP contribution in [-0.2, 0) is 4.74 Å². The summed E-state index contributed by atoms with van der Waals surface area (Å²) in [4.78, 5) is 32.6. The Labute approximate surface area is 235 Å². The first-order valence-corrected chi connectivity index (χ1v) is 13.6. The molecule has 2 saturated heterocycles. The van der Waals surface area contributed by atoms with E-state index in [2.05, 4.69) is 25.4 Å². The summed E-state index contributed by atoms with van der Waals surface area (Å²) >= 11 is 0. The SMILES string of the molecule is CC(C)(C)OC(=O)N1CC(F)(CN2CCC(n3cc4cc(NC(=O)c5cnn6cccnc56)c(F)cc4n3)CC2)C1. The standard InChI is InChI=1S/C28H32F2N8O3/c1-27(2,3)41-26(40)36-16-28(30,17-36)15-35-9-5-19(6-10-35)38-14-18-11-23(21(29)12-22(18)34-38)33-25(39)20-13-32-37-8-4-7-31-24(20)37/h4,7-8,11-14,19H,5-6,9-10,15-17H2,1-3H3,(H,33,39). The second-order valence-corrected chi connectivity index (χ2v) is 11.9. The van der Waals surface area contributed by atoms with Crippen molar-refractivity contribution < 1.29 is 23.1 Å². The predicted molar refractivity (Wildman–Crippen MR) is 147 cm³/mol. The molecule has 13 heteroatoms. The van der Waals surface area contributed by atoms with Gasteiger partial charge in [0.2, 0.25) is 0 Å². The lowest BCUT2D eigenvalue weighted by Crippen LogP contribution is -2.65. The monoisotopic (exact) mass is 566 g/mol. The Hall–Kier alpha value is -4.13. The van der Waals surface area contributed by atoms with Crippen LogP contribution in [0.15, 0.2) is 43.0 Å². The predicted octanol–water partition coefficient (Wildman–Crippen LogP) is 4.07. The lowest BCUT2D eigenvalue weighted by atomic mass is 9.94. The Balaban J connectivity index is 1.06. The van der Waals surface area contributed by atoms with E-state index in [-0.39, 0.29) is 36.9 Å². The summed E-state index contributed by atoms with van der Waals surface area (Å²) in [5.74, 6) is -1.10. The molecule has 1 N–H and O–H groups in total. The van der Waals surface area contributed by atoms with E-state index >= 15 is 4.39 Å². The van der Waals surface area contributed by atoms with Gasteiger partial charge >= 0.3 is 6.09 Å². The number of rotatable bonds is 5. The highest BCUT2D eigenvalue weighted by Gasteiger charge is 2.48. The lowest BCUT2D eigenvalue weighted by Gasteiger charge is -2.47. The third-order valence-corrected chi connectivity index (χ3v) is 7.42. The van der Waals surface area contributed by atoms with Crippen LogP contribution in [0.3, 0.4) is 0 Å². The molecule has 0 spiro atoms. The molecule has 1 aromatic carbocycles. The van der Waals surface area contributed by atoms with Gasteiger partial charge < -0.3 is 15.0 Å². The number of ether oxygens (including phenoxy) is 1. The Morgan fingerprint density at radius 3 is 2.68 bits per heavy atom. The average molecular weight is 567 g/mol. The van der Waals surface area contributed by atoms with Gasteiger partial charge in [-0.05, 0) is 45.7 Å². The van der Waals surface area contributed by atoms with Gasteiger partial charge in [0.15, 0.2) is 11.3 Å². The van der Waals surface area contributed by atoms with Crippen molar-refractivity contribution in [2.75, 3.05) is 38.0 Å². The van der Waals surface area contributed by atoms with Crippen molar-refractivity contribution in [3.05, 3.63) is 54.4 Å². The van der Waals surface area contributed by atoms with E-state index in [1.54, 1.807) is 45.3 Å². The molecule has 4 aromatic rings. The molecule has 3 aromatic heterocycles. The normalized spacial score (nSPS) is 18.0. The number of likely N-dealkylation sites (tertiary alicyclic amines) is 2. The molecule has 0 radical (unpaired) electrons. The minimum absolute atomic E-state index is 0.0325. The second-order valence-electron chi connectivity index (χ2n) is 11.9. The number of fused-ring (bicyclic) bond motifs is 2. The number of anilines is 1. The van der Waals surface area contributed by atoms with Crippen LogP contribution in [-0.4, -0.2) is 90.2 Å². The van der Waals surface area contributed by atoms with Crippen molar-refractivity contribution >= 4 is 34.2 Å². The maximum Gasteiger partial charge on any atom is 0.410 e. The first kappa shape index (κ1) is 27.1. The van der Waals surface area contributed by atoms with Crippen molar-refractivity contribution in [3.63, 3.8) is 0 Å². The number of benzene rings is 1. The molecule has 2 amide bonds. The number of nitrogens with zero attached hydrogens (tertiary/aromatic N) is 7. The van der Waals surface area contributed by atoms with Crippen LogP contribution in [0.2, 0.25) is 0 Å². The molecule has 0 bridgehead atoms. The molecule has 2 fully saturated rings. The van der Waals surface area contributed by atoms with E-state index in [1.165, 1.54) is 21.7 Å². The number of carbonyl (C=O) groups is 2. The van der Waals surface area contributed by atoms with Crippen LogP contribution >= 0.6 is 0 Å². The minimum Gasteiger partial charge on any atom is -0.444 e. The molecule has 5 heterocycles. The van der Waals surface area contributed by atoms with E-state index in [4.69, 9.17) is 4.74 Å². The summed E-state index contributed by atoms with van der Waals surface area (Å²) < 4.78 is 38.8. The summed E-state index contributed by atoms with van der Waals surface area (Å²) in [5, 5.41) is 12.0. The van der Waals surface area contributed by atoms with Crippen molar-refractivity contribution in [1.29, 1.82) is 0 Å². The van der Waals surface area contributed by atoms with Gasteiger partial charge in [0, 0.05) is 49.7 Å². The third kappa shape index (κ3) is 5.58. The Morgan fingerprint density at radius 2 is 1.95 bits per heavy atom. The largest absolute Gasteiger partial charge is 0.444 e. The van der Waals surface area contributed by atoms with Gasteiger partial charge in [0.05, 0.1) is 36.5 Å². The zero-order valence-corrected chi connectivity index (χ0v) is 23.2. The Kier molecular flexibility index (Phi) is 6.63. The maximum atomic E-state index is 15.2. The van der Waals surface area contributed by atoms with Gasteiger partial charge in [-0.15, -0.1) is 0 Å². The average Bonchev–Trinajstić information content (AvgIpc) is 3.51.